The number of H-pyrrole nitrogens is 1. The van der Waals surface area contributed by atoms with E-state index in [0.717, 1.165) is 22.3 Å². The van der Waals surface area contributed by atoms with E-state index >= 15 is 0 Å². The highest BCUT2D eigenvalue weighted by molar-refractivity contribution is 5.97. The molecule has 0 unspecified atom stereocenters. The zero-order chi connectivity index (χ0) is 21.2. The normalized spacial score (nSPS) is 11.0. The van der Waals surface area contributed by atoms with Gasteiger partial charge in [-0.05, 0) is 48.9 Å². The molecule has 7 nitrogen and oxygen atoms in total. The molecule has 5 rings (SSSR count). The average molecular weight is 408 g/mol. The smallest absolute Gasteiger partial charge is 0.251 e. The van der Waals surface area contributed by atoms with Crippen molar-refractivity contribution < 1.29 is 4.79 Å². The Bertz CT molecular complexity index is 1370. The Kier molecular flexibility index (Phi) is 4.76. The number of aryl methyl sites for hydroxylation is 1. The van der Waals surface area contributed by atoms with E-state index in [4.69, 9.17) is 0 Å². The van der Waals surface area contributed by atoms with Crippen molar-refractivity contribution in [2.45, 2.75) is 13.5 Å². The van der Waals surface area contributed by atoms with Gasteiger partial charge in [0.25, 0.3) is 5.91 Å². The van der Waals surface area contributed by atoms with Crippen molar-refractivity contribution in [2.75, 3.05) is 0 Å². The molecular weight excluding hydrogens is 388 g/mol. The highest BCUT2D eigenvalue weighted by Crippen LogP contribution is 2.23. The molecule has 0 saturated carbocycles. The lowest BCUT2D eigenvalue weighted by Crippen LogP contribution is -2.22. The molecule has 0 aliphatic carbocycles. The average Bonchev–Trinajstić information content (AvgIpc) is 3.44. The van der Waals surface area contributed by atoms with Gasteiger partial charge in [0.15, 0.2) is 5.82 Å². The van der Waals surface area contributed by atoms with Gasteiger partial charge in [-0.25, -0.2) is 15.0 Å². The van der Waals surface area contributed by atoms with Crippen LogP contribution in [0.15, 0.2) is 79.3 Å². The monoisotopic (exact) mass is 408 g/mol. The van der Waals surface area contributed by atoms with Gasteiger partial charge in [-0.1, -0.05) is 29.8 Å². The molecule has 7 heteroatoms. The summed E-state index contributed by atoms with van der Waals surface area (Å²) in [6, 6.07) is 19.2. The van der Waals surface area contributed by atoms with Crippen molar-refractivity contribution in [1.29, 1.82) is 0 Å². The summed E-state index contributed by atoms with van der Waals surface area (Å²) >= 11 is 0. The van der Waals surface area contributed by atoms with Gasteiger partial charge >= 0.3 is 0 Å². The van der Waals surface area contributed by atoms with Gasteiger partial charge in [0, 0.05) is 30.7 Å². The van der Waals surface area contributed by atoms with Gasteiger partial charge in [-0.2, -0.15) is 0 Å². The minimum Gasteiger partial charge on any atom is -0.348 e. The molecule has 5 aromatic rings. The van der Waals surface area contributed by atoms with Crippen molar-refractivity contribution in [2.24, 2.45) is 0 Å². The summed E-state index contributed by atoms with van der Waals surface area (Å²) in [6.45, 7) is 2.52. The maximum Gasteiger partial charge on any atom is 0.251 e. The Morgan fingerprint density at radius 3 is 2.74 bits per heavy atom. The summed E-state index contributed by atoms with van der Waals surface area (Å²) < 4.78 is 1.87. The van der Waals surface area contributed by atoms with E-state index in [-0.39, 0.29) is 5.91 Å². The number of hydrogen-bond acceptors (Lipinski definition) is 4. The molecule has 0 saturated heterocycles. The SMILES string of the molecule is Cc1cccc(CNC(=O)c2ccc3nc(-c4cccn4-c4ncccn4)[nH]c3c2)c1. The third-order valence-electron chi connectivity index (χ3n) is 5.04. The third kappa shape index (κ3) is 3.81. The van der Waals surface area contributed by atoms with Crippen LogP contribution < -0.4 is 5.32 Å². The second-order valence-corrected chi connectivity index (χ2v) is 7.30. The second kappa shape index (κ2) is 7.87. The number of fused-ring (bicyclic) bond motifs is 1. The van der Waals surface area contributed by atoms with Crippen LogP contribution in [0.2, 0.25) is 0 Å². The fourth-order valence-corrected chi connectivity index (χ4v) is 3.54. The summed E-state index contributed by atoms with van der Waals surface area (Å²) in [4.78, 5) is 29.3. The number of aromatic nitrogens is 5. The van der Waals surface area contributed by atoms with Crippen molar-refractivity contribution in [3.05, 3.63) is 95.9 Å². The van der Waals surface area contributed by atoms with Crippen molar-refractivity contribution in [3.63, 3.8) is 0 Å². The third-order valence-corrected chi connectivity index (χ3v) is 5.04. The number of aromatic amines is 1. The van der Waals surface area contributed by atoms with Crippen molar-refractivity contribution in [3.8, 4) is 17.5 Å². The number of nitrogens with one attached hydrogen (secondary N) is 2. The molecule has 0 fully saturated rings. The topological polar surface area (TPSA) is 88.5 Å². The molecule has 0 aliphatic rings. The summed E-state index contributed by atoms with van der Waals surface area (Å²) in [5.41, 5.74) is 5.24. The fraction of sp³-hybridized carbons (Fsp3) is 0.0833. The van der Waals surface area contributed by atoms with Gasteiger partial charge in [-0.3, -0.25) is 9.36 Å². The first kappa shape index (κ1) is 18.7. The molecule has 31 heavy (non-hydrogen) atoms. The van der Waals surface area contributed by atoms with E-state index < -0.39 is 0 Å². The largest absolute Gasteiger partial charge is 0.348 e. The molecule has 2 aromatic carbocycles. The van der Waals surface area contributed by atoms with Crippen molar-refractivity contribution in [1.82, 2.24) is 29.8 Å². The number of carbonyl (C=O) groups is 1. The van der Waals surface area contributed by atoms with Crippen LogP contribution >= 0.6 is 0 Å². The minimum atomic E-state index is -0.124. The highest BCUT2D eigenvalue weighted by atomic mass is 16.1. The van der Waals surface area contributed by atoms with Gasteiger partial charge in [-0.15, -0.1) is 0 Å². The Morgan fingerprint density at radius 1 is 1.03 bits per heavy atom. The number of nitrogens with zero attached hydrogens (tertiary/aromatic N) is 4. The number of imidazole rings is 1. The molecule has 0 aliphatic heterocycles. The molecule has 3 aromatic heterocycles. The van der Waals surface area contributed by atoms with Crippen LogP contribution in [-0.4, -0.2) is 30.4 Å². The van der Waals surface area contributed by atoms with E-state index in [9.17, 15) is 4.79 Å². The van der Waals surface area contributed by atoms with E-state index in [2.05, 4.69) is 31.3 Å². The lowest BCUT2D eigenvalue weighted by Gasteiger charge is -2.06. The van der Waals surface area contributed by atoms with E-state index in [0.29, 0.717) is 23.9 Å². The van der Waals surface area contributed by atoms with Crippen molar-refractivity contribution >= 4 is 16.9 Å². The number of rotatable bonds is 5. The Morgan fingerprint density at radius 2 is 1.90 bits per heavy atom. The van der Waals surface area contributed by atoms with Crippen LogP contribution in [0.4, 0.5) is 0 Å². The van der Waals surface area contributed by atoms with Crippen LogP contribution in [0.1, 0.15) is 21.5 Å². The lowest BCUT2D eigenvalue weighted by atomic mass is 10.1. The van der Waals surface area contributed by atoms with Crippen LogP contribution in [-0.2, 0) is 6.54 Å². The van der Waals surface area contributed by atoms with Gasteiger partial charge in [0.05, 0.1) is 16.7 Å². The lowest BCUT2D eigenvalue weighted by molar-refractivity contribution is 0.0951. The number of amides is 1. The molecule has 0 atom stereocenters. The number of carbonyl (C=O) groups excluding carboxylic acids is 1. The Balaban J connectivity index is 1.40. The molecule has 2 N–H and O–H groups in total. The molecule has 152 valence electrons. The summed E-state index contributed by atoms with van der Waals surface area (Å²) in [5.74, 6) is 1.13. The first-order valence-corrected chi connectivity index (χ1v) is 9.96. The number of benzene rings is 2. The summed E-state index contributed by atoms with van der Waals surface area (Å²) in [6.07, 6.45) is 5.29. The zero-order valence-electron chi connectivity index (χ0n) is 16.9. The zero-order valence-corrected chi connectivity index (χ0v) is 16.9. The molecule has 3 heterocycles. The first-order chi connectivity index (χ1) is 15.2. The van der Waals surface area contributed by atoms with Gasteiger partial charge in [0.2, 0.25) is 5.95 Å². The summed E-state index contributed by atoms with van der Waals surface area (Å²) in [5, 5.41) is 2.98. The maximum absolute atomic E-state index is 12.7. The summed E-state index contributed by atoms with van der Waals surface area (Å²) in [7, 11) is 0. The van der Waals surface area contributed by atoms with Crippen LogP contribution in [0.5, 0.6) is 0 Å². The quantitative estimate of drug-likeness (QED) is 0.459. The molecule has 1 amide bonds. The predicted octanol–water partition coefficient (Wildman–Crippen LogP) is 4.05. The predicted molar refractivity (Wildman–Crippen MR) is 119 cm³/mol. The molecule has 0 bridgehead atoms. The maximum atomic E-state index is 12.7. The van der Waals surface area contributed by atoms with Crippen LogP contribution in [0, 0.1) is 6.92 Å². The molecule has 0 radical (unpaired) electrons. The highest BCUT2D eigenvalue weighted by Gasteiger charge is 2.14. The van der Waals surface area contributed by atoms with Crippen LogP contribution in [0.3, 0.4) is 0 Å². The fourth-order valence-electron chi connectivity index (χ4n) is 3.54. The Labute approximate surface area is 178 Å². The second-order valence-electron chi connectivity index (χ2n) is 7.30. The molecular formula is C24H20N6O. The first-order valence-electron chi connectivity index (χ1n) is 9.96. The number of hydrogen-bond donors (Lipinski definition) is 2. The van der Waals surface area contributed by atoms with E-state index in [1.165, 1.54) is 5.56 Å². The van der Waals surface area contributed by atoms with Crippen LogP contribution in [0.25, 0.3) is 28.5 Å². The Hall–Kier alpha value is -4.26. The van der Waals surface area contributed by atoms with E-state index in [1.54, 1.807) is 24.5 Å². The standard InChI is InChI=1S/C24H20N6O/c1-16-5-2-6-17(13-16)15-27-23(31)18-8-9-19-20(14-18)29-22(28-19)21-7-3-12-30(21)24-25-10-4-11-26-24/h2-14H,15H2,1H3,(H,27,31)(H,28,29). The van der Waals surface area contributed by atoms with Gasteiger partial charge in [0.1, 0.15) is 0 Å². The van der Waals surface area contributed by atoms with Gasteiger partial charge < -0.3 is 10.3 Å². The molecule has 0 spiro atoms. The minimum absolute atomic E-state index is 0.124. The van der Waals surface area contributed by atoms with E-state index in [1.807, 2.05) is 60.2 Å².